The number of rotatable bonds is 4. The molecule has 0 bridgehead atoms. The molecule has 16 heavy (non-hydrogen) atoms. The Bertz CT molecular complexity index is 441. The molecule has 2 aromatic rings. The summed E-state index contributed by atoms with van der Waals surface area (Å²) >= 11 is 0. The van der Waals surface area contributed by atoms with Crippen molar-refractivity contribution < 1.29 is 4.52 Å². The Kier molecular flexibility index (Phi) is 3.21. The molecule has 0 saturated carbocycles. The van der Waals surface area contributed by atoms with Gasteiger partial charge in [0.25, 0.3) is 0 Å². The van der Waals surface area contributed by atoms with E-state index in [0.29, 0.717) is 29.9 Å². The first-order chi connectivity index (χ1) is 7.79. The lowest BCUT2D eigenvalue weighted by atomic mass is 10.2. The van der Waals surface area contributed by atoms with Crippen molar-refractivity contribution in [1.29, 1.82) is 0 Å². The summed E-state index contributed by atoms with van der Waals surface area (Å²) in [6, 6.07) is 2.05. The maximum absolute atomic E-state index is 5.13. The molecule has 1 N–H and O–H groups in total. The first kappa shape index (κ1) is 10.7. The summed E-state index contributed by atoms with van der Waals surface area (Å²) in [4.78, 5) is 12.1. The summed E-state index contributed by atoms with van der Waals surface area (Å²) in [5, 5.41) is 6.98. The standard InChI is InChI=1S/C10H13N5O/c1-7(11-2)5-9-14-10(15-16-9)8-3-4-12-6-13-8/h3-4,6-7,11H,5H2,1-2H3. The van der Waals surface area contributed by atoms with Gasteiger partial charge in [0.1, 0.15) is 12.0 Å². The van der Waals surface area contributed by atoms with Crippen molar-refractivity contribution >= 4 is 0 Å². The molecular weight excluding hydrogens is 206 g/mol. The fourth-order valence-corrected chi connectivity index (χ4v) is 1.23. The average Bonchev–Trinajstić information content (AvgIpc) is 2.78. The predicted molar refractivity (Wildman–Crippen MR) is 57.5 cm³/mol. The fourth-order valence-electron chi connectivity index (χ4n) is 1.23. The molecule has 0 aliphatic rings. The molecule has 0 saturated heterocycles. The zero-order valence-corrected chi connectivity index (χ0v) is 9.21. The third-order valence-corrected chi connectivity index (χ3v) is 2.25. The number of likely N-dealkylation sites (N-methyl/N-ethyl adjacent to an activating group) is 1. The molecular formula is C10H13N5O. The van der Waals surface area contributed by atoms with Crippen LogP contribution in [-0.4, -0.2) is 33.2 Å². The highest BCUT2D eigenvalue weighted by Gasteiger charge is 2.11. The first-order valence-electron chi connectivity index (χ1n) is 5.06. The summed E-state index contributed by atoms with van der Waals surface area (Å²) in [5.41, 5.74) is 0.669. The summed E-state index contributed by atoms with van der Waals surface area (Å²) in [6.45, 7) is 2.05. The van der Waals surface area contributed by atoms with Crippen LogP contribution in [0.3, 0.4) is 0 Å². The van der Waals surface area contributed by atoms with Gasteiger partial charge in [-0.3, -0.25) is 0 Å². The number of hydrogen-bond donors (Lipinski definition) is 1. The Morgan fingerprint density at radius 3 is 3.06 bits per heavy atom. The predicted octanol–water partition coefficient (Wildman–Crippen LogP) is 0.677. The van der Waals surface area contributed by atoms with Gasteiger partial charge in [0.05, 0.1) is 0 Å². The molecule has 0 spiro atoms. The van der Waals surface area contributed by atoms with E-state index in [-0.39, 0.29) is 0 Å². The minimum atomic E-state index is 0.304. The van der Waals surface area contributed by atoms with E-state index in [9.17, 15) is 0 Å². The van der Waals surface area contributed by atoms with Gasteiger partial charge in [0, 0.05) is 18.7 Å². The minimum Gasteiger partial charge on any atom is -0.339 e. The highest BCUT2D eigenvalue weighted by molar-refractivity contribution is 5.46. The van der Waals surface area contributed by atoms with Gasteiger partial charge in [-0.15, -0.1) is 0 Å². The van der Waals surface area contributed by atoms with Crippen LogP contribution in [0.15, 0.2) is 23.1 Å². The quantitative estimate of drug-likeness (QED) is 0.814. The molecule has 84 valence electrons. The third kappa shape index (κ3) is 2.40. The van der Waals surface area contributed by atoms with Crippen LogP contribution >= 0.6 is 0 Å². The van der Waals surface area contributed by atoms with Crippen LogP contribution in [0.4, 0.5) is 0 Å². The molecule has 1 atom stereocenters. The Balaban J connectivity index is 2.14. The molecule has 6 heteroatoms. The van der Waals surface area contributed by atoms with E-state index in [4.69, 9.17) is 4.52 Å². The highest BCUT2D eigenvalue weighted by Crippen LogP contribution is 2.11. The maximum Gasteiger partial charge on any atom is 0.228 e. The van der Waals surface area contributed by atoms with Gasteiger partial charge in [-0.1, -0.05) is 5.16 Å². The van der Waals surface area contributed by atoms with Crippen molar-refractivity contribution in [1.82, 2.24) is 25.4 Å². The van der Waals surface area contributed by atoms with Gasteiger partial charge in [-0.25, -0.2) is 9.97 Å². The Labute approximate surface area is 93.1 Å². The van der Waals surface area contributed by atoms with E-state index in [1.807, 2.05) is 7.05 Å². The number of nitrogens with one attached hydrogen (secondary N) is 1. The summed E-state index contributed by atoms with van der Waals surface area (Å²) in [6.07, 6.45) is 3.81. The highest BCUT2D eigenvalue weighted by atomic mass is 16.5. The largest absolute Gasteiger partial charge is 0.339 e. The zero-order chi connectivity index (χ0) is 11.4. The Hall–Kier alpha value is -1.82. The maximum atomic E-state index is 5.13. The van der Waals surface area contributed by atoms with E-state index >= 15 is 0 Å². The molecule has 2 heterocycles. The van der Waals surface area contributed by atoms with E-state index in [1.54, 1.807) is 12.3 Å². The van der Waals surface area contributed by atoms with Crippen LogP contribution < -0.4 is 5.32 Å². The van der Waals surface area contributed by atoms with Crippen molar-refractivity contribution in [3.05, 3.63) is 24.5 Å². The fraction of sp³-hybridized carbons (Fsp3) is 0.400. The minimum absolute atomic E-state index is 0.304. The topological polar surface area (TPSA) is 76.7 Å². The second-order valence-electron chi connectivity index (χ2n) is 3.50. The molecule has 2 aromatic heterocycles. The van der Waals surface area contributed by atoms with Gasteiger partial charge in [-0.2, -0.15) is 4.98 Å². The van der Waals surface area contributed by atoms with Crippen molar-refractivity contribution in [2.75, 3.05) is 7.05 Å². The van der Waals surface area contributed by atoms with Crippen molar-refractivity contribution in [3.8, 4) is 11.5 Å². The van der Waals surface area contributed by atoms with Gasteiger partial charge < -0.3 is 9.84 Å². The van der Waals surface area contributed by atoms with E-state index in [2.05, 4.69) is 32.3 Å². The molecule has 0 amide bonds. The van der Waals surface area contributed by atoms with Crippen LogP contribution in [0.1, 0.15) is 12.8 Å². The van der Waals surface area contributed by atoms with Gasteiger partial charge in [-0.05, 0) is 20.0 Å². The normalized spacial score (nSPS) is 12.6. The zero-order valence-electron chi connectivity index (χ0n) is 9.21. The summed E-state index contributed by atoms with van der Waals surface area (Å²) in [7, 11) is 1.90. The lowest BCUT2D eigenvalue weighted by Crippen LogP contribution is -2.23. The SMILES string of the molecule is CNC(C)Cc1nc(-c2ccncn2)no1. The molecule has 6 nitrogen and oxygen atoms in total. The van der Waals surface area contributed by atoms with Gasteiger partial charge in [0.2, 0.25) is 11.7 Å². The lowest BCUT2D eigenvalue weighted by Gasteiger charge is -2.04. The van der Waals surface area contributed by atoms with Gasteiger partial charge >= 0.3 is 0 Å². The molecule has 0 aliphatic carbocycles. The van der Waals surface area contributed by atoms with E-state index < -0.39 is 0 Å². The Morgan fingerprint density at radius 1 is 1.50 bits per heavy atom. The smallest absolute Gasteiger partial charge is 0.228 e. The molecule has 2 rings (SSSR count). The summed E-state index contributed by atoms with van der Waals surface area (Å²) in [5.74, 6) is 1.11. The van der Waals surface area contributed by atoms with Crippen molar-refractivity contribution in [2.24, 2.45) is 0 Å². The van der Waals surface area contributed by atoms with Crippen LogP contribution in [0.5, 0.6) is 0 Å². The first-order valence-corrected chi connectivity index (χ1v) is 5.06. The molecule has 0 aliphatic heterocycles. The lowest BCUT2D eigenvalue weighted by molar-refractivity contribution is 0.365. The van der Waals surface area contributed by atoms with Crippen molar-refractivity contribution in [3.63, 3.8) is 0 Å². The summed E-state index contributed by atoms with van der Waals surface area (Å²) < 4.78 is 5.13. The molecule has 0 radical (unpaired) electrons. The second kappa shape index (κ2) is 4.80. The van der Waals surface area contributed by atoms with Crippen LogP contribution in [-0.2, 0) is 6.42 Å². The number of aromatic nitrogens is 4. The molecule has 0 fully saturated rings. The van der Waals surface area contributed by atoms with Crippen LogP contribution in [0.25, 0.3) is 11.5 Å². The third-order valence-electron chi connectivity index (χ3n) is 2.25. The Morgan fingerprint density at radius 2 is 2.38 bits per heavy atom. The molecule has 0 aromatic carbocycles. The average molecular weight is 219 g/mol. The monoisotopic (exact) mass is 219 g/mol. The van der Waals surface area contributed by atoms with Crippen molar-refractivity contribution in [2.45, 2.75) is 19.4 Å². The van der Waals surface area contributed by atoms with E-state index in [0.717, 1.165) is 0 Å². The van der Waals surface area contributed by atoms with Crippen LogP contribution in [0, 0.1) is 0 Å². The van der Waals surface area contributed by atoms with E-state index in [1.165, 1.54) is 6.33 Å². The number of hydrogen-bond acceptors (Lipinski definition) is 6. The van der Waals surface area contributed by atoms with Crippen LogP contribution in [0.2, 0.25) is 0 Å². The number of nitrogens with zero attached hydrogens (tertiary/aromatic N) is 4. The second-order valence-corrected chi connectivity index (χ2v) is 3.50. The van der Waals surface area contributed by atoms with Gasteiger partial charge in [0.15, 0.2) is 0 Å². The molecule has 1 unspecified atom stereocenters.